The van der Waals surface area contributed by atoms with E-state index in [0.717, 1.165) is 53.9 Å². The van der Waals surface area contributed by atoms with Crippen molar-refractivity contribution in [2.75, 3.05) is 25.1 Å². The molecule has 0 atom stereocenters. The molecule has 8 heteroatoms. The number of aromatic nitrogens is 4. The molecule has 0 spiro atoms. The second-order valence-corrected chi connectivity index (χ2v) is 8.99. The summed E-state index contributed by atoms with van der Waals surface area (Å²) in [5, 5.41) is 15.6. The van der Waals surface area contributed by atoms with E-state index in [4.69, 9.17) is 4.74 Å². The van der Waals surface area contributed by atoms with E-state index in [-0.39, 0.29) is 17.7 Å². The van der Waals surface area contributed by atoms with Gasteiger partial charge in [0.05, 0.1) is 12.8 Å². The smallest absolute Gasteiger partial charge is 0.410 e. The summed E-state index contributed by atoms with van der Waals surface area (Å²) in [5.41, 5.74) is 1.48. The maximum absolute atomic E-state index is 12.4. The summed E-state index contributed by atoms with van der Waals surface area (Å²) in [6.07, 6.45) is 3.21. The van der Waals surface area contributed by atoms with Gasteiger partial charge >= 0.3 is 6.09 Å². The molecule has 8 nitrogen and oxygen atoms in total. The number of piperidine rings is 1. The Kier molecular flexibility index (Phi) is 5.56. The van der Waals surface area contributed by atoms with Crippen LogP contribution in [0.15, 0.2) is 36.5 Å². The monoisotopic (exact) mass is 422 g/mol. The highest BCUT2D eigenvalue weighted by molar-refractivity contribution is 5.99. The molecular formula is C23H30N6O2. The van der Waals surface area contributed by atoms with Gasteiger partial charge in [-0.3, -0.25) is 4.68 Å². The molecule has 164 valence electrons. The van der Waals surface area contributed by atoms with Gasteiger partial charge in [-0.15, -0.1) is 10.2 Å². The molecule has 1 aliphatic heterocycles. The fourth-order valence-electron chi connectivity index (χ4n) is 4.52. The Balaban J connectivity index is 1.62. The molecule has 31 heavy (non-hydrogen) atoms. The summed E-state index contributed by atoms with van der Waals surface area (Å²) < 4.78 is 6.88. The van der Waals surface area contributed by atoms with Crippen LogP contribution in [0.3, 0.4) is 0 Å². The lowest BCUT2D eigenvalue weighted by molar-refractivity contribution is 0.0492. The number of hydrogen-bond acceptors (Lipinski definition) is 6. The molecule has 1 amide bonds. The molecule has 2 aromatic heterocycles. The molecule has 0 bridgehead atoms. The minimum atomic E-state index is -0.294. The third-order valence-electron chi connectivity index (χ3n) is 5.95. The van der Waals surface area contributed by atoms with E-state index >= 15 is 0 Å². The van der Waals surface area contributed by atoms with Gasteiger partial charge < -0.3 is 14.5 Å². The zero-order valence-corrected chi connectivity index (χ0v) is 18.9. The normalized spacial score (nSPS) is 15.3. The first kappa shape index (κ1) is 21.1. The third kappa shape index (κ3) is 3.94. The highest BCUT2D eigenvalue weighted by Gasteiger charge is 2.36. The van der Waals surface area contributed by atoms with Gasteiger partial charge in [0.2, 0.25) is 0 Å². The van der Waals surface area contributed by atoms with Crippen molar-refractivity contribution in [3.05, 3.63) is 36.5 Å². The van der Waals surface area contributed by atoms with Crippen molar-refractivity contribution in [3.8, 4) is 11.4 Å². The van der Waals surface area contributed by atoms with Crippen molar-refractivity contribution in [2.24, 2.45) is 7.05 Å². The molecular weight excluding hydrogens is 392 g/mol. The second kappa shape index (κ2) is 8.17. The van der Waals surface area contributed by atoms with Crippen LogP contribution in [0.5, 0.6) is 0 Å². The lowest BCUT2D eigenvalue weighted by Gasteiger charge is -2.44. The fraction of sp³-hybridized carbons (Fsp3) is 0.478. The molecule has 1 fully saturated rings. The topological polar surface area (TPSA) is 76.4 Å². The van der Waals surface area contributed by atoms with Crippen LogP contribution < -0.4 is 4.90 Å². The quantitative estimate of drug-likeness (QED) is 0.638. The van der Waals surface area contributed by atoms with Crippen molar-refractivity contribution in [1.82, 2.24) is 24.9 Å². The molecule has 3 heterocycles. The molecule has 0 aliphatic carbocycles. The zero-order chi connectivity index (χ0) is 22.2. The van der Waals surface area contributed by atoms with Crippen molar-refractivity contribution in [2.45, 2.75) is 45.2 Å². The number of anilines is 1. The summed E-state index contributed by atoms with van der Waals surface area (Å²) in [5.74, 6) is 0.889. The Hall–Kier alpha value is -3.16. The molecule has 1 aromatic carbocycles. The second-order valence-electron chi connectivity index (χ2n) is 8.99. The first-order chi connectivity index (χ1) is 14.8. The molecule has 1 aliphatic rings. The third-order valence-corrected chi connectivity index (χ3v) is 5.95. The van der Waals surface area contributed by atoms with Gasteiger partial charge in [-0.2, -0.15) is 5.10 Å². The predicted octanol–water partition coefficient (Wildman–Crippen LogP) is 3.87. The van der Waals surface area contributed by atoms with Gasteiger partial charge in [0, 0.05) is 48.7 Å². The van der Waals surface area contributed by atoms with Crippen LogP contribution >= 0.6 is 0 Å². The van der Waals surface area contributed by atoms with E-state index < -0.39 is 0 Å². The van der Waals surface area contributed by atoms with E-state index in [0.29, 0.717) is 0 Å². The number of carbonyl (C=O) groups excluding carboxylic acids is 1. The van der Waals surface area contributed by atoms with Gasteiger partial charge in [0.25, 0.3) is 0 Å². The van der Waals surface area contributed by atoms with Gasteiger partial charge in [-0.05, 0) is 39.7 Å². The fourth-order valence-corrected chi connectivity index (χ4v) is 4.52. The number of nitrogens with zero attached hydrogens (tertiary/aromatic N) is 6. The number of amides is 1. The first-order valence-corrected chi connectivity index (χ1v) is 10.7. The van der Waals surface area contributed by atoms with Crippen molar-refractivity contribution < 1.29 is 9.53 Å². The van der Waals surface area contributed by atoms with Gasteiger partial charge in [0.15, 0.2) is 5.82 Å². The zero-order valence-electron chi connectivity index (χ0n) is 18.9. The summed E-state index contributed by atoms with van der Waals surface area (Å²) in [6, 6.07) is 10.3. The Morgan fingerprint density at radius 2 is 1.77 bits per heavy atom. The number of rotatable bonds is 3. The van der Waals surface area contributed by atoms with E-state index in [1.165, 1.54) is 7.11 Å². The summed E-state index contributed by atoms with van der Waals surface area (Å²) >= 11 is 0. The van der Waals surface area contributed by atoms with Gasteiger partial charge in [-0.25, -0.2) is 4.79 Å². The number of fused-ring (bicyclic) bond motifs is 1. The van der Waals surface area contributed by atoms with E-state index in [1.54, 1.807) is 6.20 Å². The maximum Gasteiger partial charge on any atom is 0.410 e. The minimum absolute atomic E-state index is 0.136. The van der Waals surface area contributed by atoms with Crippen molar-refractivity contribution in [3.63, 3.8) is 0 Å². The lowest BCUT2D eigenvalue weighted by Crippen LogP contribution is -2.55. The Morgan fingerprint density at radius 1 is 1.10 bits per heavy atom. The average Bonchev–Trinajstić information content (AvgIpc) is 3.18. The van der Waals surface area contributed by atoms with Crippen molar-refractivity contribution >= 4 is 22.7 Å². The lowest BCUT2D eigenvalue weighted by atomic mass is 9.96. The van der Waals surface area contributed by atoms with Crippen LogP contribution in [-0.4, -0.2) is 62.8 Å². The largest absolute Gasteiger partial charge is 0.453 e. The molecule has 0 N–H and O–H groups in total. The van der Waals surface area contributed by atoms with E-state index in [9.17, 15) is 4.79 Å². The predicted molar refractivity (Wildman–Crippen MR) is 121 cm³/mol. The summed E-state index contributed by atoms with van der Waals surface area (Å²) in [6.45, 7) is 7.75. The van der Waals surface area contributed by atoms with Crippen LogP contribution in [0.1, 0.15) is 33.6 Å². The number of hydrogen-bond donors (Lipinski definition) is 0. The van der Waals surface area contributed by atoms with Crippen LogP contribution in [0.2, 0.25) is 0 Å². The highest BCUT2D eigenvalue weighted by atomic mass is 16.5. The van der Waals surface area contributed by atoms with Crippen LogP contribution in [0.25, 0.3) is 22.2 Å². The number of methoxy groups -OCH3 is 1. The molecule has 1 saturated heterocycles. The standard InChI is InChI=1S/C23H30N6O2/c1-23(2,3)29(22(30)31-5)16-11-14-28(15-12-16)21-18-9-7-6-8-17(18)20(25-26-21)19-10-13-24-27(19)4/h6-10,13,16H,11-12,14-15H2,1-5H3. The van der Waals surface area contributed by atoms with Crippen LogP contribution in [0.4, 0.5) is 10.6 Å². The number of carbonyl (C=O) groups is 1. The summed E-state index contributed by atoms with van der Waals surface area (Å²) in [4.78, 5) is 16.6. The van der Waals surface area contributed by atoms with E-state index in [2.05, 4.69) is 32.3 Å². The molecule has 0 unspecified atom stereocenters. The van der Waals surface area contributed by atoms with Crippen LogP contribution in [0, 0.1) is 0 Å². The Labute approximate surface area is 182 Å². The Morgan fingerprint density at radius 3 is 2.35 bits per heavy atom. The number of benzene rings is 1. The average molecular weight is 423 g/mol. The molecule has 0 saturated carbocycles. The first-order valence-electron chi connectivity index (χ1n) is 10.7. The molecule has 3 aromatic rings. The molecule has 4 rings (SSSR count). The SMILES string of the molecule is COC(=O)N(C1CCN(c2nnc(-c3ccnn3C)c3ccccc23)CC1)C(C)(C)C. The van der Waals surface area contributed by atoms with Gasteiger partial charge in [-0.1, -0.05) is 24.3 Å². The van der Waals surface area contributed by atoms with Crippen molar-refractivity contribution in [1.29, 1.82) is 0 Å². The summed E-state index contributed by atoms with van der Waals surface area (Å²) in [7, 11) is 3.36. The number of aryl methyl sites for hydroxylation is 1. The minimum Gasteiger partial charge on any atom is -0.453 e. The van der Waals surface area contributed by atoms with E-state index in [1.807, 2.05) is 55.6 Å². The maximum atomic E-state index is 12.4. The highest BCUT2D eigenvalue weighted by Crippen LogP contribution is 2.33. The molecule has 0 radical (unpaired) electrons. The van der Waals surface area contributed by atoms with Crippen LogP contribution in [-0.2, 0) is 11.8 Å². The number of ether oxygens (including phenoxy) is 1. The van der Waals surface area contributed by atoms with Gasteiger partial charge in [0.1, 0.15) is 5.69 Å². The Bertz CT molecular complexity index is 1080.